The van der Waals surface area contributed by atoms with Crippen LogP contribution in [0.1, 0.15) is 23.2 Å². The van der Waals surface area contributed by atoms with Gasteiger partial charge < -0.3 is 15.2 Å². The van der Waals surface area contributed by atoms with Crippen LogP contribution >= 0.6 is 0 Å². The van der Waals surface area contributed by atoms with Crippen molar-refractivity contribution in [3.05, 3.63) is 36.0 Å². The summed E-state index contributed by atoms with van der Waals surface area (Å²) in [5.41, 5.74) is 0.981. The van der Waals surface area contributed by atoms with E-state index in [1.54, 1.807) is 19.2 Å². The average molecular weight is 315 g/mol. The number of H-pyrrole nitrogens is 1. The lowest BCUT2D eigenvalue weighted by molar-refractivity contribution is -0.143. The second kappa shape index (κ2) is 5.75. The molecule has 0 spiro atoms. The van der Waals surface area contributed by atoms with Gasteiger partial charge in [-0.05, 0) is 37.1 Å². The minimum atomic E-state index is -0.861. The lowest BCUT2D eigenvalue weighted by Crippen LogP contribution is -2.34. The van der Waals surface area contributed by atoms with Gasteiger partial charge in [-0.2, -0.15) is 5.10 Å². The molecule has 3 N–H and O–H groups in total. The molecule has 3 rings (SSSR count). The molecule has 1 saturated carbocycles. The third-order valence-electron chi connectivity index (χ3n) is 4.16. The molecule has 0 aliphatic heterocycles. The number of nitrogens with zero attached hydrogens (tertiary/aromatic N) is 1. The zero-order valence-electron chi connectivity index (χ0n) is 12.6. The third kappa shape index (κ3) is 2.90. The molecule has 1 aliphatic carbocycles. The quantitative estimate of drug-likeness (QED) is 0.752. The minimum Gasteiger partial charge on any atom is -0.497 e. The number of hydrogen-bond acceptors (Lipinski definition) is 4. The van der Waals surface area contributed by atoms with Crippen molar-refractivity contribution in [2.45, 2.75) is 12.8 Å². The van der Waals surface area contributed by atoms with Crippen LogP contribution in [0.5, 0.6) is 5.75 Å². The van der Waals surface area contributed by atoms with E-state index in [4.69, 9.17) is 9.84 Å². The standard InChI is InChI=1S/C16H17N3O4/c1-23-11-4-2-10(3-5-11)13-12(8-18-19-13)14(20)17-9-16(6-7-16)15(21)22/h2-5,8H,6-7,9H2,1H3,(H,17,20)(H,18,19)(H,21,22). The summed E-state index contributed by atoms with van der Waals surface area (Å²) < 4.78 is 5.11. The van der Waals surface area contributed by atoms with Crippen molar-refractivity contribution in [1.82, 2.24) is 15.5 Å². The molecule has 1 amide bonds. The van der Waals surface area contributed by atoms with Crippen molar-refractivity contribution in [3.63, 3.8) is 0 Å². The summed E-state index contributed by atoms with van der Waals surface area (Å²) in [6.45, 7) is 0.133. The van der Waals surface area contributed by atoms with Crippen molar-refractivity contribution < 1.29 is 19.4 Å². The van der Waals surface area contributed by atoms with Gasteiger partial charge in [0.1, 0.15) is 5.75 Å². The van der Waals surface area contributed by atoms with Gasteiger partial charge in [0.25, 0.3) is 5.91 Å². The van der Waals surface area contributed by atoms with Crippen LogP contribution in [0.25, 0.3) is 11.3 Å². The zero-order chi connectivity index (χ0) is 16.4. The van der Waals surface area contributed by atoms with Gasteiger partial charge in [0, 0.05) is 12.1 Å². The first kappa shape index (κ1) is 15.1. The number of aliphatic carboxylic acids is 1. The third-order valence-corrected chi connectivity index (χ3v) is 4.16. The topological polar surface area (TPSA) is 104 Å². The molecule has 1 aromatic carbocycles. The van der Waals surface area contributed by atoms with Crippen LogP contribution in [0.15, 0.2) is 30.5 Å². The summed E-state index contributed by atoms with van der Waals surface area (Å²) in [4.78, 5) is 23.5. The number of aromatic nitrogens is 2. The molecule has 1 aliphatic rings. The fraction of sp³-hybridized carbons (Fsp3) is 0.312. The van der Waals surface area contributed by atoms with Gasteiger partial charge in [-0.3, -0.25) is 14.7 Å². The largest absolute Gasteiger partial charge is 0.497 e. The highest BCUT2D eigenvalue weighted by molar-refractivity contribution is 6.00. The van der Waals surface area contributed by atoms with E-state index in [0.717, 1.165) is 11.3 Å². The highest BCUT2D eigenvalue weighted by Crippen LogP contribution is 2.45. The predicted molar refractivity (Wildman–Crippen MR) is 82.2 cm³/mol. The summed E-state index contributed by atoms with van der Waals surface area (Å²) in [6.07, 6.45) is 2.63. The number of rotatable bonds is 6. The maximum atomic E-state index is 12.3. The Labute approximate surface area is 132 Å². The number of benzene rings is 1. The Morgan fingerprint density at radius 2 is 2.04 bits per heavy atom. The summed E-state index contributed by atoms with van der Waals surface area (Å²) in [5, 5.41) is 18.6. The summed E-state index contributed by atoms with van der Waals surface area (Å²) in [5.74, 6) is -0.478. The van der Waals surface area contributed by atoms with Gasteiger partial charge in [-0.25, -0.2) is 0 Å². The SMILES string of the molecule is COc1ccc(-c2[nH]ncc2C(=O)NCC2(C(=O)O)CC2)cc1. The first-order valence-electron chi connectivity index (χ1n) is 7.25. The van der Waals surface area contributed by atoms with E-state index in [0.29, 0.717) is 24.1 Å². The van der Waals surface area contributed by atoms with E-state index in [1.165, 1.54) is 6.20 Å². The Hall–Kier alpha value is -2.83. The second-order valence-electron chi connectivity index (χ2n) is 5.66. The van der Waals surface area contributed by atoms with E-state index in [9.17, 15) is 9.59 Å². The second-order valence-corrected chi connectivity index (χ2v) is 5.66. The molecule has 1 fully saturated rings. The van der Waals surface area contributed by atoms with Crippen molar-refractivity contribution >= 4 is 11.9 Å². The minimum absolute atomic E-state index is 0.133. The number of aromatic amines is 1. The van der Waals surface area contributed by atoms with Crippen LogP contribution in [0.3, 0.4) is 0 Å². The zero-order valence-corrected chi connectivity index (χ0v) is 12.6. The fourth-order valence-electron chi connectivity index (χ4n) is 2.40. The van der Waals surface area contributed by atoms with Crippen LogP contribution in [-0.2, 0) is 4.79 Å². The van der Waals surface area contributed by atoms with E-state index in [2.05, 4.69) is 15.5 Å². The molecule has 7 heteroatoms. The molecule has 7 nitrogen and oxygen atoms in total. The Morgan fingerprint density at radius 3 is 2.61 bits per heavy atom. The Morgan fingerprint density at radius 1 is 1.35 bits per heavy atom. The average Bonchev–Trinajstić information content (AvgIpc) is 3.21. The highest BCUT2D eigenvalue weighted by Gasteiger charge is 2.50. The number of amides is 1. The Kier molecular flexibility index (Phi) is 3.77. The van der Waals surface area contributed by atoms with Crippen molar-refractivity contribution in [3.8, 4) is 17.0 Å². The van der Waals surface area contributed by atoms with E-state index >= 15 is 0 Å². The Bertz CT molecular complexity index is 732. The smallest absolute Gasteiger partial charge is 0.311 e. The first-order valence-corrected chi connectivity index (χ1v) is 7.25. The van der Waals surface area contributed by atoms with Crippen molar-refractivity contribution in [2.75, 3.05) is 13.7 Å². The van der Waals surface area contributed by atoms with E-state index < -0.39 is 11.4 Å². The van der Waals surface area contributed by atoms with Gasteiger partial charge in [0.2, 0.25) is 0 Å². The van der Waals surface area contributed by atoms with E-state index in [-0.39, 0.29) is 12.5 Å². The van der Waals surface area contributed by atoms with Crippen molar-refractivity contribution in [1.29, 1.82) is 0 Å². The summed E-state index contributed by atoms with van der Waals surface area (Å²) in [6, 6.07) is 7.23. The maximum Gasteiger partial charge on any atom is 0.311 e. The number of nitrogens with one attached hydrogen (secondary N) is 2. The normalized spacial score (nSPS) is 15.0. The fourth-order valence-corrected chi connectivity index (χ4v) is 2.40. The number of ether oxygens (including phenoxy) is 1. The number of carbonyl (C=O) groups excluding carboxylic acids is 1. The highest BCUT2D eigenvalue weighted by atomic mass is 16.5. The molecule has 2 aromatic rings. The molecule has 120 valence electrons. The number of hydrogen-bond donors (Lipinski definition) is 3. The van der Waals surface area contributed by atoms with Crippen LogP contribution in [0.4, 0.5) is 0 Å². The molecule has 0 saturated heterocycles. The lowest BCUT2D eigenvalue weighted by Gasteiger charge is -2.11. The lowest BCUT2D eigenvalue weighted by atomic mass is 10.1. The molecular formula is C16H17N3O4. The number of methoxy groups -OCH3 is 1. The van der Waals surface area contributed by atoms with Gasteiger partial charge >= 0.3 is 5.97 Å². The molecular weight excluding hydrogens is 298 g/mol. The molecule has 0 radical (unpaired) electrons. The van der Waals surface area contributed by atoms with Crippen molar-refractivity contribution in [2.24, 2.45) is 5.41 Å². The van der Waals surface area contributed by atoms with Crippen LogP contribution in [0.2, 0.25) is 0 Å². The van der Waals surface area contributed by atoms with Gasteiger partial charge in [-0.15, -0.1) is 0 Å². The predicted octanol–water partition coefficient (Wildman–Crippen LogP) is 1.68. The molecule has 23 heavy (non-hydrogen) atoms. The van der Waals surface area contributed by atoms with Crippen LogP contribution in [0, 0.1) is 5.41 Å². The number of carbonyl (C=O) groups is 2. The maximum absolute atomic E-state index is 12.3. The molecule has 1 aromatic heterocycles. The van der Waals surface area contributed by atoms with Gasteiger partial charge in [0.05, 0.1) is 30.0 Å². The number of carboxylic acids is 1. The van der Waals surface area contributed by atoms with E-state index in [1.807, 2.05) is 12.1 Å². The molecule has 1 heterocycles. The summed E-state index contributed by atoms with van der Waals surface area (Å²) in [7, 11) is 1.58. The molecule has 0 atom stereocenters. The molecule has 0 bridgehead atoms. The number of carboxylic acid groups (broad SMARTS) is 1. The van der Waals surface area contributed by atoms with Gasteiger partial charge in [-0.1, -0.05) is 0 Å². The van der Waals surface area contributed by atoms with Crippen LogP contribution in [-0.4, -0.2) is 40.8 Å². The monoisotopic (exact) mass is 315 g/mol. The van der Waals surface area contributed by atoms with Crippen LogP contribution < -0.4 is 10.1 Å². The summed E-state index contributed by atoms with van der Waals surface area (Å²) >= 11 is 0. The molecule has 0 unspecified atom stereocenters. The Balaban J connectivity index is 1.74. The van der Waals surface area contributed by atoms with Gasteiger partial charge in [0.15, 0.2) is 0 Å². The first-order chi connectivity index (χ1) is 11.1.